The number of aliphatic hydroxyl groups excluding tert-OH is 2. The van der Waals surface area contributed by atoms with E-state index < -0.39 is 18.2 Å². The van der Waals surface area contributed by atoms with Crippen LogP contribution in [0.5, 0.6) is 0 Å². The topological polar surface area (TPSA) is 66.8 Å². The van der Waals surface area contributed by atoms with Crippen LogP contribution in [-0.2, 0) is 9.53 Å². The van der Waals surface area contributed by atoms with E-state index in [0.717, 1.165) is 7.11 Å². The van der Waals surface area contributed by atoms with Crippen molar-refractivity contribution in [1.82, 2.24) is 0 Å². The quantitative estimate of drug-likeness (QED) is 0.785. The molecule has 0 aliphatic rings. The molecule has 0 amide bonds. The van der Waals surface area contributed by atoms with Crippen molar-refractivity contribution in [2.75, 3.05) is 7.11 Å². The number of methoxy groups -OCH3 is 1. The van der Waals surface area contributed by atoms with Crippen LogP contribution in [-0.4, -0.2) is 29.4 Å². The van der Waals surface area contributed by atoms with Gasteiger partial charge in [-0.15, -0.1) is 0 Å². The average Bonchev–Trinajstić information content (AvgIpc) is 2.29. The Hall–Kier alpha value is -1.10. The predicted octanol–water partition coefficient (Wildman–Crippen LogP) is 1.22. The summed E-state index contributed by atoms with van der Waals surface area (Å²) in [4.78, 5) is 11.1. The summed E-state index contributed by atoms with van der Waals surface area (Å²) >= 11 is 5.87. The minimum Gasteiger partial charge on any atom is -0.467 e. The van der Waals surface area contributed by atoms with Crippen molar-refractivity contribution in [3.8, 4) is 0 Å². The second-order valence-electron chi connectivity index (χ2n) is 3.37. The smallest absolute Gasteiger partial charge is 0.337 e. The average molecular weight is 245 g/mol. The third kappa shape index (κ3) is 2.52. The van der Waals surface area contributed by atoms with E-state index in [1.54, 1.807) is 25.1 Å². The molecular weight excluding hydrogens is 232 g/mol. The van der Waals surface area contributed by atoms with Crippen molar-refractivity contribution in [2.45, 2.75) is 19.1 Å². The van der Waals surface area contributed by atoms with Crippen LogP contribution < -0.4 is 0 Å². The Morgan fingerprint density at radius 2 is 2.06 bits per heavy atom. The minimum atomic E-state index is -1.61. The van der Waals surface area contributed by atoms with Gasteiger partial charge in [0.2, 0.25) is 0 Å². The molecule has 16 heavy (non-hydrogen) atoms. The number of carbonyl (C=O) groups excluding carboxylic acids is 1. The molecule has 5 heteroatoms. The molecule has 0 aromatic heterocycles. The number of hydrogen-bond acceptors (Lipinski definition) is 4. The normalized spacial score (nSPS) is 14.3. The van der Waals surface area contributed by atoms with Gasteiger partial charge in [-0.2, -0.15) is 0 Å². The zero-order chi connectivity index (χ0) is 12.3. The van der Waals surface area contributed by atoms with Gasteiger partial charge in [0.25, 0.3) is 0 Å². The SMILES string of the molecule is COC(=O)C(O)C(O)c1cccc(Cl)c1C. The lowest BCUT2D eigenvalue weighted by molar-refractivity contribution is -0.156. The van der Waals surface area contributed by atoms with E-state index in [2.05, 4.69) is 4.74 Å². The Kier molecular flexibility index (Phi) is 4.29. The lowest BCUT2D eigenvalue weighted by atomic mass is 9.99. The highest BCUT2D eigenvalue weighted by Gasteiger charge is 2.27. The van der Waals surface area contributed by atoms with Gasteiger partial charge in [0.15, 0.2) is 6.10 Å². The molecule has 0 fully saturated rings. The lowest BCUT2D eigenvalue weighted by Crippen LogP contribution is -2.29. The fraction of sp³-hybridized carbons (Fsp3) is 0.364. The highest BCUT2D eigenvalue weighted by molar-refractivity contribution is 6.31. The van der Waals surface area contributed by atoms with Crippen molar-refractivity contribution in [3.63, 3.8) is 0 Å². The molecule has 0 aliphatic heterocycles. The van der Waals surface area contributed by atoms with Crippen molar-refractivity contribution >= 4 is 17.6 Å². The molecule has 0 radical (unpaired) electrons. The van der Waals surface area contributed by atoms with Crippen molar-refractivity contribution in [3.05, 3.63) is 34.3 Å². The molecule has 2 N–H and O–H groups in total. The number of halogens is 1. The van der Waals surface area contributed by atoms with Crippen molar-refractivity contribution in [2.24, 2.45) is 0 Å². The first kappa shape index (κ1) is 13.0. The molecule has 88 valence electrons. The third-order valence-electron chi connectivity index (χ3n) is 2.37. The fourth-order valence-corrected chi connectivity index (χ4v) is 1.55. The van der Waals surface area contributed by atoms with E-state index in [1.807, 2.05) is 0 Å². The molecule has 4 nitrogen and oxygen atoms in total. The van der Waals surface area contributed by atoms with E-state index in [1.165, 1.54) is 0 Å². The minimum absolute atomic E-state index is 0.408. The predicted molar refractivity (Wildman–Crippen MR) is 59.2 cm³/mol. The number of esters is 1. The van der Waals surface area contributed by atoms with Crippen molar-refractivity contribution < 1.29 is 19.7 Å². The standard InChI is InChI=1S/C11H13ClO4/c1-6-7(4-3-5-8(6)12)9(13)10(14)11(15)16-2/h3-5,9-10,13-14H,1-2H3. The number of benzene rings is 1. The first-order chi connectivity index (χ1) is 7.49. The molecule has 0 saturated carbocycles. The van der Waals surface area contributed by atoms with Crippen LogP contribution in [0.4, 0.5) is 0 Å². The molecule has 0 spiro atoms. The third-order valence-corrected chi connectivity index (χ3v) is 2.78. The number of ether oxygens (including phenoxy) is 1. The Bertz CT molecular complexity index is 392. The molecule has 1 aromatic rings. The zero-order valence-electron chi connectivity index (χ0n) is 8.98. The van der Waals surface area contributed by atoms with E-state index in [-0.39, 0.29) is 0 Å². The van der Waals surface area contributed by atoms with Gasteiger partial charge >= 0.3 is 5.97 Å². The van der Waals surface area contributed by atoms with Gasteiger partial charge in [0.1, 0.15) is 6.10 Å². The number of carbonyl (C=O) groups is 1. The molecule has 0 saturated heterocycles. The van der Waals surface area contributed by atoms with Crippen molar-refractivity contribution in [1.29, 1.82) is 0 Å². The van der Waals surface area contributed by atoms with E-state index in [0.29, 0.717) is 16.1 Å². The lowest BCUT2D eigenvalue weighted by Gasteiger charge is -2.18. The maximum atomic E-state index is 11.1. The first-order valence-corrected chi connectivity index (χ1v) is 5.05. The summed E-state index contributed by atoms with van der Waals surface area (Å²) in [6.07, 6.45) is -2.95. The number of aliphatic hydroxyl groups is 2. The second-order valence-corrected chi connectivity index (χ2v) is 3.77. The van der Waals surface area contributed by atoms with Gasteiger partial charge in [0.05, 0.1) is 7.11 Å². The van der Waals surface area contributed by atoms with Gasteiger partial charge in [-0.1, -0.05) is 23.7 Å². The Labute approximate surface area is 98.4 Å². The van der Waals surface area contributed by atoms with Gasteiger partial charge < -0.3 is 14.9 Å². The molecular formula is C11H13ClO4. The fourth-order valence-electron chi connectivity index (χ4n) is 1.36. The van der Waals surface area contributed by atoms with Gasteiger partial charge in [-0.3, -0.25) is 0 Å². The molecule has 2 atom stereocenters. The van der Waals surface area contributed by atoms with Crippen LogP contribution in [0.3, 0.4) is 0 Å². The van der Waals surface area contributed by atoms with Crippen LogP contribution in [0.25, 0.3) is 0 Å². The van der Waals surface area contributed by atoms with Crippen LogP contribution in [0.15, 0.2) is 18.2 Å². The molecule has 1 rings (SSSR count). The van der Waals surface area contributed by atoms with Crippen LogP contribution in [0.1, 0.15) is 17.2 Å². The molecule has 0 bridgehead atoms. The second kappa shape index (κ2) is 5.30. The maximum absolute atomic E-state index is 11.1. The molecule has 2 unspecified atom stereocenters. The van der Waals surface area contributed by atoms with E-state index >= 15 is 0 Å². The van der Waals surface area contributed by atoms with Crippen LogP contribution in [0.2, 0.25) is 5.02 Å². The summed E-state index contributed by atoms with van der Waals surface area (Å²) in [5.74, 6) is -0.883. The van der Waals surface area contributed by atoms with Gasteiger partial charge in [-0.05, 0) is 24.1 Å². The summed E-state index contributed by atoms with van der Waals surface area (Å²) < 4.78 is 4.34. The number of hydrogen-bond donors (Lipinski definition) is 2. The highest BCUT2D eigenvalue weighted by atomic mass is 35.5. The van der Waals surface area contributed by atoms with Gasteiger partial charge in [0, 0.05) is 5.02 Å². The van der Waals surface area contributed by atoms with Crippen LogP contribution >= 0.6 is 11.6 Å². The van der Waals surface area contributed by atoms with E-state index in [9.17, 15) is 15.0 Å². The van der Waals surface area contributed by atoms with Crippen LogP contribution in [0, 0.1) is 6.92 Å². The van der Waals surface area contributed by atoms with E-state index in [4.69, 9.17) is 11.6 Å². The summed E-state index contributed by atoms with van der Waals surface area (Å²) in [6, 6.07) is 4.90. The molecule has 0 heterocycles. The Morgan fingerprint density at radius 3 is 2.62 bits per heavy atom. The highest BCUT2D eigenvalue weighted by Crippen LogP contribution is 2.26. The number of rotatable bonds is 3. The summed E-state index contributed by atoms with van der Waals surface area (Å²) in [5.41, 5.74) is 1.03. The monoisotopic (exact) mass is 244 g/mol. The Morgan fingerprint density at radius 1 is 1.44 bits per heavy atom. The van der Waals surface area contributed by atoms with Gasteiger partial charge in [-0.25, -0.2) is 4.79 Å². The first-order valence-electron chi connectivity index (χ1n) is 4.68. The zero-order valence-corrected chi connectivity index (χ0v) is 9.73. The maximum Gasteiger partial charge on any atom is 0.337 e. The summed E-state index contributed by atoms with van der Waals surface area (Å²) in [5, 5.41) is 19.7. The largest absolute Gasteiger partial charge is 0.467 e. The summed E-state index contributed by atoms with van der Waals surface area (Å²) in [7, 11) is 1.14. The molecule has 1 aromatic carbocycles. The summed E-state index contributed by atoms with van der Waals surface area (Å²) in [6.45, 7) is 1.70. The Balaban J connectivity index is 3.00. The molecule has 0 aliphatic carbocycles.